The van der Waals surface area contributed by atoms with E-state index >= 15 is 0 Å². The predicted molar refractivity (Wildman–Crippen MR) is 57.9 cm³/mol. The molecule has 0 fully saturated rings. The summed E-state index contributed by atoms with van der Waals surface area (Å²) >= 11 is 0. The number of esters is 1. The number of rotatable bonds is 7. The first kappa shape index (κ1) is 17.2. The summed E-state index contributed by atoms with van der Waals surface area (Å²) in [7, 11) is 0. The lowest BCUT2D eigenvalue weighted by molar-refractivity contribution is -0.173. The van der Waals surface area contributed by atoms with E-state index in [-0.39, 0.29) is 32.5 Å². The SMILES string of the molecule is CCOC(=O)CCC(=O)NCCNC(=O)C(F)(F)F. The maximum absolute atomic E-state index is 11.8. The van der Waals surface area contributed by atoms with Crippen LogP contribution in [0.3, 0.4) is 0 Å². The number of carbonyl (C=O) groups excluding carboxylic acids is 3. The fraction of sp³-hybridized carbons (Fsp3) is 0.700. The monoisotopic (exact) mass is 284 g/mol. The molecule has 0 aliphatic heterocycles. The van der Waals surface area contributed by atoms with Gasteiger partial charge in [-0.05, 0) is 6.92 Å². The highest BCUT2D eigenvalue weighted by atomic mass is 19.4. The van der Waals surface area contributed by atoms with Gasteiger partial charge in [-0.2, -0.15) is 13.2 Å². The van der Waals surface area contributed by atoms with Crippen molar-refractivity contribution in [3.05, 3.63) is 0 Å². The van der Waals surface area contributed by atoms with Gasteiger partial charge in [0.1, 0.15) is 0 Å². The molecule has 0 aromatic carbocycles. The summed E-state index contributed by atoms with van der Waals surface area (Å²) in [5.41, 5.74) is 0. The van der Waals surface area contributed by atoms with Gasteiger partial charge in [-0.3, -0.25) is 14.4 Å². The molecule has 0 aliphatic carbocycles. The first-order valence-corrected chi connectivity index (χ1v) is 5.54. The number of nitrogens with one attached hydrogen (secondary N) is 2. The molecule has 9 heteroatoms. The van der Waals surface area contributed by atoms with Crippen LogP contribution in [0.4, 0.5) is 13.2 Å². The zero-order chi connectivity index (χ0) is 14.9. The summed E-state index contributed by atoms with van der Waals surface area (Å²) in [5.74, 6) is -3.09. The van der Waals surface area contributed by atoms with E-state index in [2.05, 4.69) is 10.1 Å². The number of carbonyl (C=O) groups is 3. The predicted octanol–water partition coefficient (Wildman–Crippen LogP) is 0.124. The van der Waals surface area contributed by atoms with Gasteiger partial charge in [0.2, 0.25) is 5.91 Å². The number of hydrogen-bond donors (Lipinski definition) is 2. The molecule has 2 N–H and O–H groups in total. The van der Waals surface area contributed by atoms with Crippen molar-refractivity contribution >= 4 is 17.8 Å². The third-order valence-corrected chi connectivity index (χ3v) is 1.85. The minimum atomic E-state index is -4.94. The molecule has 0 bridgehead atoms. The van der Waals surface area contributed by atoms with E-state index in [1.165, 1.54) is 0 Å². The van der Waals surface area contributed by atoms with E-state index in [9.17, 15) is 27.6 Å². The third-order valence-electron chi connectivity index (χ3n) is 1.85. The van der Waals surface area contributed by atoms with Gasteiger partial charge in [0.05, 0.1) is 13.0 Å². The van der Waals surface area contributed by atoms with Gasteiger partial charge in [-0.25, -0.2) is 0 Å². The third kappa shape index (κ3) is 8.86. The summed E-state index contributed by atoms with van der Waals surface area (Å²) in [4.78, 5) is 32.4. The average molecular weight is 284 g/mol. The molecule has 0 saturated carbocycles. The molecule has 0 heterocycles. The van der Waals surface area contributed by atoms with Gasteiger partial charge in [0.15, 0.2) is 0 Å². The van der Waals surface area contributed by atoms with Crippen LogP contribution >= 0.6 is 0 Å². The van der Waals surface area contributed by atoms with Gasteiger partial charge >= 0.3 is 18.1 Å². The molecule has 0 aliphatic rings. The molecule has 0 saturated heterocycles. The van der Waals surface area contributed by atoms with E-state index < -0.39 is 24.0 Å². The van der Waals surface area contributed by atoms with Gasteiger partial charge < -0.3 is 15.4 Å². The number of amides is 2. The smallest absolute Gasteiger partial charge is 0.466 e. The Balaban J connectivity index is 3.65. The molecule has 0 atom stereocenters. The second-order valence-corrected chi connectivity index (χ2v) is 3.41. The standard InChI is InChI=1S/C10H15F3N2O4/c1-2-19-8(17)4-3-7(16)14-5-6-15-9(18)10(11,12)13/h2-6H2,1H3,(H,14,16)(H,15,18). The summed E-state index contributed by atoms with van der Waals surface area (Å²) in [6.07, 6.45) is -5.16. The minimum absolute atomic E-state index is 0.103. The van der Waals surface area contributed by atoms with Gasteiger partial charge in [-0.15, -0.1) is 0 Å². The van der Waals surface area contributed by atoms with Crippen LogP contribution in [-0.2, 0) is 19.1 Å². The molecule has 0 aromatic rings. The summed E-state index contributed by atoms with van der Waals surface area (Å²) < 4.78 is 39.9. The summed E-state index contributed by atoms with van der Waals surface area (Å²) in [6, 6.07) is 0. The molecule has 0 spiro atoms. The van der Waals surface area contributed by atoms with Crippen molar-refractivity contribution in [3.63, 3.8) is 0 Å². The lowest BCUT2D eigenvalue weighted by atomic mass is 10.3. The quantitative estimate of drug-likeness (QED) is 0.514. The van der Waals surface area contributed by atoms with Crippen molar-refractivity contribution in [3.8, 4) is 0 Å². The number of alkyl halides is 3. The van der Waals surface area contributed by atoms with E-state index in [0.717, 1.165) is 0 Å². The number of hydrogen-bond acceptors (Lipinski definition) is 4. The highest BCUT2D eigenvalue weighted by Gasteiger charge is 2.38. The van der Waals surface area contributed by atoms with Crippen molar-refractivity contribution in [2.24, 2.45) is 0 Å². The highest BCUT2D eigenvalue weighted by Crippen LogP contribution is 2.13. The van der Waals surface area contributed by atoms with Crippen molar-refractivity contribution in [1.82, 2.24) is 10.6 Å². The maximum Gasteiger partial charge on any atom is 0.471 e. The fourth-order valence-electron chi connectivity index (χ4n) is 1.02. The van der Waals surface area contributed by atoms with Crippen LogP contribution < -0.4 is 10.6 Å². The molecule has 19 heavy (non-hydrogen) atoms. The Kier molecular flexibility index (Phi) is 7.54. The van der Waals surface area contributed by atoms with Crippen LogP contribution in [-0.4, -0.2) is 43.7 Å². The van der Waals surface area contributed by atoms with Gasteiger partial charge in [0, 0.05) is 19.5 Å². The molecule has 2 amide bonds. The van der Waals surface area contributed by atoms with Gasteiger partial charge in [-0.1, -0.05) is 0 Å². The zero-order valence-electron chi connectivity index (χ0n) is 10.3. The Morgan fingerprint density at radius 3 is 2.16 bits per heavy atom. The lowest BCUT2D eigenvalue weighted by Gasteiger charge is -2.08. The van der Waals surface area contributed by atoms with E-state index in [1.54, 1.807) is 12.2 Å². The minimum Gasteiger partial charge on any atom is -0.466 e. The fourth-order valence-corrected chi connectivity index (χ4v) is 1.02. The first-order valence-electron chi connectivity index (χ1n) is 5.54. The zero-order valence-corrected chi connectivity index (χ0v) is 10.3. The molecule has 0 aromatic heterocycles. The Hall–Kier alpha value is -1.80. The Morgan fingerprint density at radius 2 is 1.63 bits per heavy atom. The van der Waals surface area contributed by atoms with Crippen LogP contribution in [0.1, 0.15) is 19.8 Å². The number of halogens is 3. The van der Waals surface area contributed by atoms with Crippen molar-refractivity contribution < 1.29 is 32.3 Å². The van der Waals surface area contributed by atoms with Crippen molar-refractivity contribution in [1.29, 1.82) is 0 Å². The Bertz CT molecular complexity index is 331. The first-order chi connectivity index (χ1) is 8.77. The second-order valence-electron chi connectivity index (χ2n) is 3.41. The van der Waals surface area contributed by atoms with Gasteiger partial charge in [0.25, 0.3) is 0 Å². The van der Waals surface area contributed by atoms with Crippen LogP contribution in [0.2, 0.25) is 0 Å². The molecule has 110 valence electrons. The van der Waals surface area contributed by atoms with Crippen molar-refractivity contribution in [2.45, 2.75) is 25.9 Å². The molecular weight excluding hydrogens is 269 g/mol. The molecule has 6 nitrogen and oxygen atoms in total. The van der Waals surface area contributed by atoms with E-state index in [1.807, 2.05) is 0 Å². The second kappa shape index (κ2) is 8.33. The average Bonchev–Trinajstić information content (AvgIpc) is 2.31. The molecule has 0 rings (SSSR count). The Labute approximate surface area is 107 Å². The van der Waals surface area contributed by atoms with Crippen LogP contribution in [0.25, 0.3) is 0 Å². The maximum atomic E-state index is 11.8. The van der Waals surface area contributed by atoms with Crippen LogP contribution in [0.15, 0.2) is 0 Å². The largest absolute Gasteiger partial charge is 0.471 e. The Morgan fingerprint density at radius 1 is 1.05 bits per heavy atom. The normalized spacial score (nSPS) is 10.7. The molecular formula is C10H15F3N2O4. The molecule has 0 unspecified atom stereocenters. The van der Waals surface area contributed by atoms with Crippen LogP contribution in [0, 0.1) is 0 Å². The number of ether oxygens (including phenoxy) is 1. The van der Waals surface area contributed by atoms with E-state index in [4.69, 9.17) is 0 Å². The van der Waals surface area contributed by atoms with Crippen LogP contribution in [0.5, 0.6) is 0 Å². The lowest BCUT2D eigenvalue weighted by Crippen LogP contribution is -2.41. The topological polar surface area (TPSA) is 84.5 Å². The van der Waals surface area contributed by atoms with E-state index in [0.29, 0.717) is 0 Å². The highest BCUT2D eigenvalue weighted by molar-refractivity contribution is 5.82. The molecule has 0 radical (unpaired) electrons. The van der Waals surface area contributed by atoms with Crippen molar-refractivity contribution in [2.75, 3.05) is 19.7 Å². The summed E-state index contributed by atoms with van der Waals surface area (Å²) in [5, 5.41) is 3.85. The summed E-state index contributed by atoms with van der Waals surface area (Å²) in [6.45, 7) is 1.35.